The molecular weight excluding hydrogens is 326 g/mol. The molecule has 1 amide bonds. The highest BCUT2D eigenvalue weighted by atomic mass is 16.2. The molecule has 0 spiro atoms. The zero-order valence-corrected chi connectivity index (χ0v) is 16.8. The Morgan fingerprint density at radius 2 is 1.85 bits per heavy atom. The predicted molar refractivity (Wildman–Crippen MR) is 108 cm³/mol. The number of hydrogen-bond donors (Lipinski definition) is 2. The van der Waals surface area contributed by atoms with Gasteiger partial charge in [0.15, 0.2) is 5.96 Å². The summed E-state index contributed by atoms with van der Waals surface area (Å²) >= 11 is 0. The van der Waals surface area contributed by atoms with Crippen molar-refractivity contribution in [3.8, 4) is 0 Å². The van der Waals surface area contributed by atoms with Crippen LogP contribution in [0.5, 0.6) is 0 Å². The molecule has 2 N–H and O–H groups in total. The average Bonchev–Trinajstić information content (AvgIpc) is 2.64. The summed E-state index contributed by atoms with van der Waals surface area (Å²) in [4.78, 5) is 20.5. The van der Waals surface area contributed by atoms with Crippen LogP contribution in [0.3, 0.4) is 0 Å². The molecule has 2 aliphatic rings. The second-order valence-electron chi connectivity index (χ2n) is 7.99. The topological polar surface area (TPSA) is 60.0 Å². The number of nitrogens with zero attached hydrogens (tertiary/aromatic N) is 3. The zero-order chi connectivity index (χ0) is 18.9. The van der Waals surface area contributed by atoms with E-state index in [1.165, 1.54) is 38.8 Å². The van der Waals surface area contributed by atoms with Gasteiger partial charge in [0.1, 0.15) is 6.54 Å². The molecule has 1 aliphatic heterocycles. The summed E-state index contributed by atoms with van der Waals surface area (Å²) in [6.45, 7) is 9.46. The van der Waals surface area contributed by atoms with Crippen LogP contribution in [0.15, 0.2) is 17.6 Å². The number of nitrogens with one attached hydrogen (secondary N) is 2. The molecular formula is C20H37N5O. The lowest BCUT2D eigenvalue weighted by molar-refractivity contribution is -0.127. The Morgan fingerprint density at radius 1 is 1.19 bits per heavy atom. The molecule has 2 rings (SSSR count). The fraction of sp³-hybridized carbons (Fsp3) is 0.800. The van der Waals surface area contributed by atoms with E-state index in [0.29, 0.717) is 12.6 Å². The highest BCUT2D eigenvalue weighted by molar-refractivity contribution is 5.85. The van der Waals surface area contributed by atoms with Crippen molar-refractivity contribution >= 4 is 11.9 Å². The molecule has 0 unspecified atom stereocenters. The second kappa shape index (κ2) is 10.6. The number of aliphatic imine (C=N–C) groups is 1. The van der Waals surface area contributed by atoms with Gasteiger partial charge >= 0.3 is 0 Å². The van der Waals surface area contributed by atoms with Crippen LogP contribution in [0, 0.1) is 5.92 Å². The fourth-order valence-electron chi connectivity index (χ4n) is 3.78. The number of carbonyl (C=O) groups excluding carboxylic acids is 1. The van der Waals surface area contributed by atoms with Crippen molar-refractivity contribution in [2.24, 2.45) is 10.9 Å². The SMILES string of the molecule is C=CCNC(=NCC(=O)N(C)C)NC1CCC(N2CCC(C)CC2)CC1. The number of rotatable bonds is 6. The van der Waals surface area contributed by atoms with Crippen molar-refractivity contribution in [1.29, 1.82) is 0 Å². The normalized spacial score (nSPS) is 25.6. The molecule has 0 aromatic carbocycles. The fourth-order valence-corrected chi connectivity index (χ4v) is 3.78. The molecule has 26 heavy (non-hydrogen) atoms. The molecule has 6 heteroatoms. The van der Waals surface area contributed by atoms with Gasteiger partial charge < -0.3 is 20.4 Å². The van der Waals surface area contributed by atoms with Crippen LogP contribution in [0.25, 0.3) is 0 Å². The first-order valence-corrected chi connectivity index (χ1v) is 10.1. The van der Waals surface area contributed by atoms with Crippen molar-refractivity contribution in [2.75, 3.05) is 40.3 Å². The first kappa shape index (κ1) is 20.7. The van der Waals surface area contributed by atoms with Gasteiger partial charge in [-0.25, -0.2) is 4.99 Å². The molecule has 0 bridgehead atoms. The number of carbonyl (C=O) groups is 1. The summed E-state index contributed by atoms with van der Waals surface area (Å²) in [5.74, 6) is 1.62. The van der Waals surface area contributed by atoms with Gasteiger partial charge in [-0.15, -0.1) is 6.58 Å². The predicted octanol–water partition coefficient (Wildman–Crippen LogP) is 1.84. The maximum Gasteiger partial charge on any atom is 0.243 e. The van der Waals surface area contributed by atoms with Crippen LogP contribution in [0.4, 0.5) is 0 Å². The molecule has 0 aromatic rings. The van der Waals surface area contributed by atoms with Crippen LogP contribution in [0.1, 0.15) is 45.4 Å². The van der Waals surface area contributed by atoms with Crippen molar-refractivity contribution in [1.82, 2.24) is 20.4 Å². The summed E-state index contributed by atoms with van der Waals surface area (Å²) in [5.41, 5.74) is 0. The van der Waals surface area contributed by atoms with Crippen LogP contribution in [0.2, 0.25) is 0 Å². The number of likely N-dealkylation sites (tertiary alicyclic amines) is 1. The summed E-state index contributed by atoms with van der Waals surface area (Å²) in [7, 11) is 3.51. The Balaban J connectivity index is 1.80. The summed E-state index contributed by atoms with van der Waals surface area (Å²) in [5, 5.41) is 6.75. The number of likely N-dealkylation sites (N-methyl/N-ethyl adjacent to an activating group) is 1. The minimum Gasteiger partial charge on any atom is -0.354 e. The standard InChI is InChI=1S/C20H37N5O/c1-5-12-21-20(22-15-19(26)24(3)4)23-17-6-8-18(9-7-17)25-13-10-16(2)11-14-25/h5,16-18H,1,6-15H2,2-4H3,(H2,21,22,23). The van der Waals surface area contributed by atoms with Gasteiger partial charge in [-0.2, -0.15) is 0 Å². The lowest BCUT2D eigenvalue weighted by Crippen LogP contribution is -2.49. The molecule has 2 fully saturated rings. The lowest BCUT2D eigenvalue weighted by atomic mass is 9.88. The monoisotopic (exact) mass is 363 g/mol. The van der Waals surface area contributed by atoms with E-state index in [9.17, 15) is 4.79 Å². The van der Waals surface area contributed by atoms with E-state index in [4.69, 9.17) is 0 Å². The Hall–Kier alpha value is -1.56. The van der Waals surface area contributed by atoms with Crippen LogP contribution >= 0.6 is 0 Å². The molecule has 6 nitrogen and oxygen atoms in total. The van der Waals surface area contributed by atoms with E-state index in [1.54, 1.807) is 25.1 Å². The van der Waals surface area contributed by atoms with E-state index in [1.807, 2.05) is 0 Å². The first-order chi connectivity index (χ1) is 12.5. The van der Waals surface area contributed by atoms with E-state index < -0.39 is 0 Å². The van der Waals surface area contributed by atoms with Gasteiger partial charge in [-0.1, -0.05) is 13.0 Å². The molecule has 1 saturated heterocycles. The quantitative estimate of drug-likeness (QED) is 0.429. The third-order valence-electron chi connectivity index (χ3n) is 5.66. The lowest BCUT2D eigenvalue weighted by Gasteiger charge is -2.40. The molecule has 0 atom stereocenters. The molecule has 0 radical (unpaired) electrons. The minimum absolute atomic E-state index is 0.00716. The van der Waals surface area contributed by atoms with Gasteiger partial charge in [-0.05, 0) is 57.5 Å². The third kappa shape index (κ3) is 6.63. The van der Waals surface area contributed by atoms with Crippen LogP contribution < -0.4 is 10.6 Å². The summed E-state index contributed by atoms with van der Waals surface area (Å²) in [6, 6.07) is 1.18. The second-order valence-corrected chi connectivity index (χ2v) is 7.99. The summed E-state index contributed by atoms with van der Waals surface area (Å²) < 4.78 is 0. The van der Waals surface area contributed by atoms with Gasteiger partial charge in [0.25, 0.3) is 0 Å². The largest absolute Gasteiger partial charge is 0.354 e. The Bertz CT molecular complexity index is 475. The first-order valence-electron chi connectivity index (χ1n) is 10.1. The Morgan fingerprint density at radius 3 is 2.42 bits per heavy atom. The molecule has 148 valence electrons. The smallest absolute Gasteiger partial charge is 0.243 e. The van der Waals surface area contributed by atoms with E-state index >= 15 is 0 Å². The zero-order valence-electron chi connectivity index (χ0n) is 16.8. The Labute approximate surface area is 159 Å². The van der Waals surface area contributed by atoms with Gasteiger partial charge in [-0.3, -0.25) is 4.79 Å². The molecule has 1 saturated carbocycles. The minimum atomic E-state index is 0.00716. The van der Waals surface area contributed by atoms with Gasteiger partial charge in [0.2, 0.25) is 5.91 Å². The molecule has 1 aliphatic carbocycles. The average molecular weight is 364 g/mol. The third-order valence-corrected chi connectivity index (χ3v) is 5.66. The van der Waals surface area contributed by atoms with Crippen LogP contribution in [-0.2, 0) is 4.79 Å². The van der Waals surface area contributed by atoms with Crippen molar-refractivity contribution in [3.05, 3.63) is 12.7 Å². The van der Waals surface area contributed by atoms with E-state index in [-0.39, 0.29) is 12.5 Å². The van der Waals surface area contributed by atoms with Crippen molar-refractivity contribution < 1.29 is 4.79 Å². The molecule has 1 heterocycles. The highest BCUT2D eigenvalue weighted by Gasteiger charge is 2.28. The van der Waals surface area contributed by atoms with Crippen molar-refractivity contribution in [3.63, 3.8) is 0 Å². The summed E-state index contributed by atoms with van der Waals surface area (Å²) in [6.07, 6.45) is 9.31. The van der Waals surface area contributed by atoms with Gasteiger partial charge in [0.05, 0.1) is 0 Å². The number of amides is 1. The number of guanidine groups is 1. The van der Waals surface area contributed by atoms with Crippen molar-refractivity contribution in [2.45, 2.75) is 57.5 Å². The Kier molecular flexibility index (Phi) is 8.42. The maximum absolute atomic E-state index is 11.8. The maximum atomic E-state index is 11.8. The number of piperidine rings is 1. The van der Waals surface area contributed by atoms with Gasteiger partial charge in [0, 0.05) is 32.7 Å². The molecule has 0 aromatic heterocycles. The van der Waals surface area contributed by atoms with E-state index in [0.717, 1.165) is 30.8 Å². The number of hydrogen-bond acceptors (Lipinski definition) is 3. The van der Waals surface area contributed by atoms with E-state index in [2.05, 4.69) is 34.0 Å². The highest BCUT2D eigenvalue weighted by Crippen LogP contribution is 2.27. The van der Waals surface area contributed by atoms with Crippen LogP contribution in [-0.4, -0.2) is 74.0 Å².